The molecule has 1 aromatic heterocycles. The van der Waals surface area contributed by atoms with E-state index in [2.05, 4.69) is 20.8 Å². The number of nitrogens with zero attached hydrogens (tertiary/aromatic N) is 1. The summed E-state index contributed by atoms with van der Waals surface area (Å²) in [6.45, 7) is 3.89. The number of hydrogen-bond acceptors (Lipinski definition) is 7. The molecule has 0 amide bonds. The molecular formula is C11H12BrClN2O6S2. The average molecular weight is 448 g/mol. The van der Waals surface area contributed by atoms with Crippen molar-refractivity contribution in [2.75, 3.05) is 4.83 Å². The van der Waals surface area contributed by atoms with Crippen LogP contribution in [0, 0.1) is 24.1 Å². The number of nitrogens with one attached hydrogen (secondary N) is 1. The highest BCUT2D eigenvalue weighted by atomic mass is 79.9. The van der Waals surface area contributed by atoms with Gasteiger partial charge in [-0.05, 0) is 42.2 Å². The fourth-order valence-electron chi connectivity index (χ4n) is 1.34. The third-order valence-corrected chi connectivity index (χ3v) is 5.40. The van der Waals surface area contributed by atoms with Crippen LogP contribution >= 0.6 is 27.5 Å². The SMILES string of the molecule is Cc1c[n+](NS(=O)(=O)c2ccc(Br)cc2)sc1C.[O-][Cl+3]([O-])([O-])[O-]. The molecule has 2 rings (SSSR count). The Hall–Kier alpha value is -0.790. The van der Waals surface area contributed by atoms with Crippen LogP contribution in [0.5, 0.6) is 0 Å². The van der Waals surface area contributed by atoms with Gasteiger partial charge in [-0.3, -0.25) is 0 Å². The minimum Gasteiger partial charge on any atom is -0.222 e. The number of aryl methyl sites for hydroxylation is 2. The highest BCUT2D eigenvalue weighted by Gasteiger charge is 2.20. The van der Waals surface area contributed by atoms with Crippen molar-refractivity contribution in [3.05, 3.63) is 45.4 Å². The molecule has 1 N–H and O–H groups in total. The zero-order valence-electron chi connectivity index (χ0n) is 11.9. The van der Waals surface area contributed by atoms with E-state index in [0.717, 1.165) is 14.9 Å². The molecule has 0 atom stereocenters. The van der Waals surface area contributed by atoms with Gasteiger partial charge >= 0.3 is 10.0 Å². The Bertz CT molecular complexity index is 732. The van der Waals surface area contributed by atoms with Crippen molar-refractivity contribution in [2.45, 2.75) is 18.7 Å². The first kappa shape index (κ1) is 20.3. The molecule has 2 aromatic rings. The second-order valence-electron chi connectivity index (χ2n) is 4.21. The lowest BCUT2D eigenvalue weighted by Crippen LogP contribution is -2.68. The molecular weight excluding hydrogens is 436 g/mol. The molecule has 0 unspecified atom stereocenters. The first-order valence-corrected chi connectivity index (χ1v) is 10.1. The van der Waals surface area contributed by atoms with Crippen LogP contribution in [-0.4, -0.2) is 8.42 Å². The van der Waals surface area contributed by atoms with E-state index in [4.69, 9.17) is 18.6 Å². The summed E-state index contributed by atoms with van der Waals surface area (Å²) in [5, 5.41) is 0. The van der Waals surface area contributed by atoms with Crippen molar-refractivity contribution in [3.63, 3.8) is 0 Å². The fourth-order valence-corrected chi connectivity index (χ4v) is 3.64. The molecule has 0 aliphatic carbocycles. The smallest absolute Gasteiger partial charge is 0.222 e. The molecule has 1 aromatic carbocycles. The number of rotatable bonds is 3. The quantitative estimate of drug-likeness (QED) is 0.519. The Kier molecular flexibility index (Phi) is 6.92. The Morgan fingerprint density at radius 1 is 1.13 bits per heavy atom. The van der Waals surface area contributed by atoms with Gasteiger partial charge in [-0.15, -0.1) is 10.2 Å². The van der Waals surface area contributed by atoms with Crippen LogP contribution in [0.4, 0.5) is 0 Å². The van der Waals surface area contributed by atoms with Crippen LogP contribution in [0.1, 0.15) is 10.4 Å². The number of aromatic nitrogens is 1. The lowest BCUT2D eigenvalue weighted by atomic mass is 10.3. The molecule has 0 saturated carbocycles. The van der Waals surface area contributed by atoms with Crippen molar-refractivity contribution < 1.29 is 41.4 Å². The molecule has 0 saturated heterocycles. The summed E-state index contributed by atoms with van der Waals surface area (Å²) in [6, 6.07) is 6.51. The Morgan fingerprint density at radius 3 is 2.00 bits per heavy atom. The molecule has 12 heteroatoms. The van der Waals surface area contributed by atoms with Gasteiger partial charge in [0.1, 0.15) is 0 Å². The lowest BCUT2D eigenvalue weighted by molar-refractivity contribution is -2.00. The molecule has 128 valence electrons. The zero-order chi connectivity index (χ0) is 17.8. The maximum atomic E-state index is 12.1. The van der Waals surface area contributed by atoms with E-state index < -0.39 is 20.3 Å². The van der Waals surface area contributed by atoms with E-state index >= 15 is 0 Å². The standard InChI is InChI=1S/C11H12BrN2O2S2.ClHO4/c1-8-7-14(17-9(8)2)13-18(15,16)11-5-3-10(12)4-6-11;2-1(3,4)5/h3-7,13H,1-2H3;(H,2,3,4,5)/q+1;/p-1. The van der Waals surface area contributed by atoms with Crippen molar-refractivity contribution in [3.8, 4) is 0 Å². The van der Waals surface area contributed by atoms with Crippen molar-refractivity contribution in [1.29, 1.82) is 0 Å². The van der Waals surface area contributed by atoms with Crippen LogP contribution in [0.3, 0.4) is 0 Å². The van der Waals surface area contributed by atoms with E-state index in [1.807, 2.05) is 13.8 Å². The second-order valence-corrected chi connectivity index (χ2v) is 8.73. The maximum absolute atomic E-state index is 12.1. The molecule has 8 nitrogen and oxygen atoms in total. The molecule has 0 bridgehead atoms. The molecule has 0 radical (unpaired) electrons. The van der Waals surface area contributed by atoms with E-state index in [9.17, 15) is 8.42 Å². The monoisotopic (exact) mass is 446 g/mol. The minimum absolute atomic E-state index is 0.238. The minimum atomic E-state index is -4.94. The summed E-state index contributed by atoms with van der Waals surface area (Å²) in [7, 11) is -8.48. The van der Waals surface area contributed by atoms with Crippen LogP contribution in [0.2, 0.25) is 0 Å². The predicted octanol–water partition coefficient (Wildman–Crippen LogP) is -2.41. The summed E-state index contributed by atoms with van der Waals surface area (Å²) in [6.07, 6.45) is 1.76. The van der Waals surface area contributed by atoms with Gasteiger partial charge < -0.3 is 0 Å². The van der Waals surface area contributed by atoms with E-state index in [1.54, 1.807) is 30.5 Å². The molecule has 0 aliphatic heterocycles. The Morgan fingerprint density at radius 2 is 1.61 bits per heavy atom. The summed E-state index contributed by atoms with van der Waals surface area (Å²) < 4.78 is 60.5. The second kappa shape index (κ2) is 7.85. The van der Waals surface area contributed by atoms with Crippen LogP contribution < -0.4 is 27.5 Å². The van der Waals surface area contributed by atoms with Gasteiger partial charge in [0, 0.05) is 10.0 Å². The number of sulfonamides is 1. The molecule has 0 aliphatic rings. The van der Waals surface area contributed by atoms with Crippen LogP contribution in [0.15, 0.2) is 39.8 Å². The van der Waals surface area contributed by atoms with Gasteiger partial charge in [-0.1, -0.05) is 20.8 Å². The fraction of sp³-hybridized carbons (Fsp3) is 0.182. The van der Waals surface area contributed by atoms with Gasteiger partial charge in [-0.2, -0.15) is 8.42 Å². The van der Waals surface area contributed by atoms with Crippen LogP contribution in [0.25, 0.3) is 0 Å². The summed E-state index contributed by atoms with van der Waals surface area (Å²) in [5.74, 6) is 0. The van der Waals surface area contributed by atoms with Gasteiger partial charge in [0.15, 0.2) is 11.5 Å². The zero-order valence-corrected chi connectivity index (χ0v) is 15.8. The summed E-state index contributed by atoms with van der Waals surface area (Å²) >= 11 is 4.63. The van der Waals surface area contributed by atoms with Crippen molar-refractivity contribution in [2.24, 2.45) is 0 Å². The molecule has 1 heterocycles. The molecule has 0 spiro atoms. The average Bonchev–Trinajstić information content (AvgIpc) is 2.65. The van der Waals surface area contributed by atoms with E-state index in [1.165, 1.54) is 15.6 Å². The molecule has 23 heavy (non-hydrogen) atoms. The van der Waals surface area contributed by atoms with E-state index in [-0.39, 0.29) is 4.90 Å². The third kappa shape index (κ3) is 7.54. The first-order valence-electron chi connectivity index (χ1n) is 5.78. The lowest BCUT2D eigenvalue weighted by Gasteiger charge is -2.17. The number of hydrogen-bond donors (Lipinski definition) is 1. The highest BCUT2D eigenvalue weighted by molar-refractivity contribution is 9.10. The van der Waals surface area contributed by atoms with Crippen molar-refractivity contribution in [1.82, 2.24) is 0 Å². The first-order chi connectivity index (χ1) is 10.4. The third-order valence-electron chi connectivity index (χ3n) is 2.44. The predicted molar refractivity (Wildman–Crippen MR) is 74.7 cm³/mol. The Labute approximate surface area is 147 Å². The largest absolute Gasteiger partial charge is 0.307 e. The Balaban J connectivity index is 0.000000463. The summed E-state index contributed by atoms with van der Waals surface area (Å²) in [4.78, 5) is 3.82. The normalized spacial score (nSPS) is 11.6. The van der Waals surface area contributed by atoms with Gasteiger partial charge in [0.25, 0.3) is 0 Å². The van der Waals surface area contributed by atoms with Gasteiger partial charge in [0.05, 0.1) is 9.77 Å². The van der Waals surface area contributed by atoms with Gasteiger partial charge in [0.2, 0.25) is 6.20 Å². The van der Waals surface area contributed by atoms with E-state index in [0.29, 0.717) is 0 Å². The summed E-state index contributed by atoms with van der Waals surface area (Å²) in [5.41, 5.74) is 1.05. The number of benzene rings is 1. The van der Waals surface area contributed by atoms with Crippen LogP contribution in [-0.2, 0) is 10.0 Å². The highest BCUT2D eigenvalue weighted by Crippen LogP contribution is 2.15. The van der Waals surface area contributed by atoms with Crippen molar-refractivity contribution >= 4 is 37.5 Å². The topological polar surface area (TPSA) is 142 Å². The molecule has 0 fully saturated rings. The van der Waals surface area contributed by atoms with Gasteiger partial charge in [-0.25, -0.2) is 18.6 Å². The maximum Gasteiger partial charge on any atom is 0.307 e. The number of halogens is 2.